The van der Waals surface area contributed by atoms with Gasteiger partial charge in [0, 0.05) is 13.2 Å². The van der Waals surface area contributed by atoms with E-state index >= 15 is 0 Å². The summed E-state index contributed by atoms with van der Waals surface area (Å²) in [6.45, 7) is 1.90. The third-order valence-corrected chi connectivity index (χ3v) is 3.29. The maximum atomic E-state index is 13.8. The van der Waals surface area contributed by atoms with E-state index in [9.17, 15) is 4.39 Å². The van der Waals surface area contributed by atoms with Gasteiger partial charge >= 0.3 is 0 Å². The van der Waals surface area contributed by atoms with Crippen LogP contribution in [0.2, 0.25) is 0 Å². The van der Waals surface area contributed by atoms with E-state index in [1.54, 1.807) is 10.7 Å². The normalized spacial score (nSPS) is 11.4. The number of rotatable bonds is 2. The van der Waals surface area contributed by atoms with Crippen molar-refractivity contribution in [3.05, 3.63) is 41.7 Å². The number of nitrogens with zero attached hydrogens (tertiary/aromatic N) is 4. The number of hydrogen-bond acceptors (Lipinski definition) is 2. The minimum atomic E-state index is -0.343. The van der Waals surface area contributed by atoms with Crippen molar-refractivity contribution in [3.8, 4) is 5.69 Å². The Balaban J connectivity index is 2.39. The van der Waals surface area contributed by atoms with Gasteiger partial charge in [0.05, 0.1) is 22.8 Å². The Morgan fingerprint density at radius 3 is 2.79 bits per heavy atom. The predicted molar refractivity (Wildman–Crippen MR) is 72.1 cm³/mol. The van der Waals surface area contributed by atoms with Gasteiger partial charge in [0.2, 0.25) is 0 Å². The van der Waals surface area contributed by atoms with E-state index in [4.69, 9.17) is 11.6 Å². The average molecular weight is 279 g/mol. The van der Waals surface area contributed by atoms with E-state index < -0.39 is 0 Å². The second kappa shape index (κ2) is 4.35. The molecule has 0 aliphatic rings. The molecule has 0 aliphatic carbocycles. The molecule has 3 aromatic rings. The maximum absolute atomic E-state index is 13.8. The third kappa shape index (κ3) is 1.81. The molecule has 0 bridgehead atoms. The molecule has 4 nitrogen and oxygen atoms in total. The molecule has 1 aromatic carbocycles. The molecular weight excluding hydrogens is 267 g/mol. The molecule has 0 aliphatic heterocycles. The molecule has 0 unspecified atom stereocenters. The Bertz CT molecular complexity index is 759. The monoisotopic (exact) mass is 278 g/mol. The Morgan fingerprint density at radius 2 is 2.16 bits per heavy atom. The van der Waals surface area contributed by atoms with Gasteiger partial charge in [0.1, 0.15) is 11.3 Å². The van der Waals surface area contributed by atoms with Crippen LogP contribution in [0, 0.1) is 12.7 Å². The van der Waals surface area contributed by atoms with E-state index in [0.717, 1.165) is 11.4 Å². The van der Waals surface area contributed by atoms with Crippen molar-refractivity contribution in [1.82, 2.24) is 19.3 Å². The quantitative estimate of drug-likeness (QED) is 0.676. The van der Waals surface area contributed by atoms with Crippen LogP contribution < -0.4 is 0 Å². The molecular formula is C13H12ClFN4. The Hall–Kier alpha value is -1.88. The van der Waals surface area contributed by atoms with Gasteiger partial charge in [-0.15, -0.1) is 11.6 Å². The lowest BCUT2D eigenvalue weighted by molar-refractivity contribution is 0.637. The third-order valence-electron chi connectivity index (χ3n) is 3.05. The van der Waals surface area contributed by atoms with Crippen LogP contribution in [0.4, 0.5) is 4.39 Å². The van der Waals surface area contributed by atoms with Crippen LogP contribution in [0.3, 0.4) is 0 Å². The van der Waals surface area contributed by atoms with Crippen molar-refractivity contribution in [2.45, 2.75) is 12.8 Å². The number of aryl methyl sites for hydroxylation is 2. The number of para-hydroxylation sites is 1. The first-order valence-electron chi connectivity index (χ1n) is 5.84. The molecule has 0 saturated carbocycles. The number of fused-ring (bicyclic) bond motifs is 1. The van der Waals surface area contributed by atoms with Crippen molar-refractivity contribution in [1.29, 1.82) is 0 Å². The lowest BCUT2D eigenvalue weighted by Gasteiger charge is -2.05. The van der Waals surface area contributed by atoms with E-state index in [2.05, 4.69) is 10.1 Å². The SMILES string of the molecule is Cc1nn(C)cc1-n1c(CCl)nc2c(F)cccc21. The highest BCUT2D eigenvalue weighted by Gasteiger charge is 2.17. The lowest BCUT2D eigenvalue weighted by Crippen LogP contribution is -1.99. The van der Waals surface area contributed by atoms with Crippen molar-refractivity contribution in [2.75, 3.05) is 0 Å². The fraction of sp³-hybridized carbons (Fsp3) is 0.231. The standard InChI is InChI=1S/C13H12ClFN4/c1-8-11(7-18(2)17-8)19-10-5-3-4-9(15)13(10)16-12(19)6-14/h3-5,7H,6H2,1-2H3. The number of benzene rings is 1. The fourth-order valence-electron chi connectivity index (χ4n) is 2.28. The predicted octanol–water partition coefficient (Wildman–Crippen LogP) is 2.95. The van der Waals surface area contributed by atoms with Gasteiger partial charge in [-0.25, -0.2) is 9.37 Å². The molecule has 3 rings (SSSR count). The van der Waals surface area contributed by atoms with Gasteiger partial charge < -0.3 is 0 Å². The summed E-state index contributed by atoms with van der Waals surface area (Å²) in [6.07, 6.45) is 1.87. The molecule has 0 atom stereocenters. The fourth-order valence-corrected chi connectivity index (χ4v) is 2.46. The summed E-state index contributed by atoms with van der Waals surface area (Å²) >= 11 is 5.93. The summed E-state index contributed by atoms with van der Waals surface area (Å²) in [6, 6.07) is 4.89. The second-order valence-corrected chi connectivity index (χ2v) is 4.65. The first-order valence-corrected chi connectivity index (χ1v) is 6.37. The van der Waals surface area contributed by atoms with Crippen molar-refractivity contribution < 1.29 is 4.39 Å². The number of alkyl halides is 1. The lowest BCUT2D eigenvalue weighted by atomic mass is 10.3. The molecule has 0 saturated heterocycles. The van der Waals surface area contributed by atoms with Crippen molar-refractivity contribution >= 4 is 22.6 Å². The minimum Gasteiger partial charge on any atom is -0.292 e. The number of aromatic nitrogens is 4. The van der Waals surface area contributed by atoms with Crippen LogP contribution in [0.15, 0.2) is 24.4 Å². The van der Waals surface area contributed by atoms with Gasteiger partial charge in [-0.2, -0.15) is 5.10 Å². The van der Waals surface area contributed by atoms with Gasteiger partial charge in [-0.3, -0.25) is 9.25 Å². The molecule has 0 fully saturated rings. The molecule has 19 heavy (non-hydrogen) atoms. The summed E-state index contributed by atoms with van der Waals surface area (Å²) in [4.78, 5) is 4.28. The highest BCUT2D eigenvalue weighted by molar-refractivity contribution is 6.17. The van der Waals surface area contributed by atoms with E-state index in [1.807, 2.05) is 30.8 Å². The molecule has 0 N–H and O–H groups in total. The Kier molecular flexibility index (Phi) is 2.78. The van der Waals surface area contributed by atoms with Crippen LogP contribution in [0.5, 0.6) is 0 Å². The van der Waals surface area contributed by atoms with E-state index in [-0.39, 0.29) is 11.7 Å². The average Bonchev–Trinajstić information content (AvgIpc) is 2.90. The summed E-state index contributed by atoms with van der Waals surface area (Å²) in [7, 11) is 1.84. The summed E-state index contributed by atoms with van der Waals surface area (Å²) in [5, 5.41) is 4.30. The van der Waals surface area contributed by atoms with Gasteiger partial charge in [0.15, 0.2) is 5.82 Å². The van der Waals surface area contributed by atoms with Gasteiger partial charge in [-0.1, -0.05) is 6.07 Å². The van der Waals surface area contributed by atoms with Crippen LogP contribution in [0.25, 0.3) is 16.7 Å². The van der Waals surface area contributed by atoms with Gasteiger partial charge in [-0.05, 0) is 19.1 Å². The zero-order valence-electron chi connectivity index (χ0n) is 10.6. The molecule has 0 spiro atoms. The Morgan fingerprint density at radius 1 is 1.37 bits per heavy atom. The van der Waals surface area contributed by atoms with Crippen LogP contribution in [0.1, 0.15) is 11.5 Å². The minimum absolute atomic E-state index is 0.211. The molecule has 0 amide bonds. The molecule has 98 valence electrons. The van der Waals surface area contributed by atoms with Crippen LogP contribution in [-0.2, 0) is 12.9 Å². The van der Waals surface area contributed by atoms with Gasteiger partial charge in [0.25, 0.3) is 0 Å². The maximum Gasteiger partial charge on any atom is 0.151 e. The molecule has 0 radical (unpaired) electrons. The van der Waals surface area contributed by atoms with Crippen molar-refractivity contribution in [3.63, 3.8) is 0 Å². The first kappa shape index (κ1) is 12.2. The smallest absolute Gasteiger partial charge is 0.151 e. The highest BCUT2D eigenvalue weighted by atomic mass is 35.5. The summed E-state index contributed by atoms with van der Waals surface area (Å²) in [5.41, 5.74) is 2.75. The van der Waals surface area contributed by atoms with Crippen LogP contribution in [-0.4, -0.2) is 19.3 Å². The number of imidazole rings is 1. The van der Waals surface area contributed by atoms with Crippen LogP contribution >= 0.6 is 11.6 Å². The topological polar surface area (TPSA) is 35.6 Å². The first-order chi connectivity index (χ1) is 9.11. The zero-order chi connectivity index (χ0) is 13.6. The highest BCUT2D eigenvalue weighted by Crippen LogP contribution is 2.25. The number of hydrogen-bond donors (Lipinski definition) is 0. The molecule has 2 heterocycles. The largest absolute Gasteiger partial charge is 0.292 e. The zero-order valence-corrected chi connectivity index (χ0v) is 11.3. The van der Waals surface area contributed by atoms with E-state index in [1.165, 1.54) is 6.07 Å². The summed E-state index contributed by atoms with van der Waals surface area (Å²) in [5.74, 6) is 0.477. The molecule has 6 heteroatoms. The van der Waals surface area contributed by atoms with Crippen molar-refractivity contribution in [2.24, 2.45) is 7.05 Å². The Labute approximate surface area is 114 Å². The molecule has 2 aromatic heterocycles. The van der Waals surface area contributed by atoms with E-state index in [0.29, 0.717) is 16.9 Å². The second-order valence-electron chi connectivity index (χ2n) is 4.38. The number of halogens is 2. The summed E-state index contributed by atoms with van der Waals surface area (Å²) < 4.78 is 17.4.